The molecule has 1 aliphatic heterocycles. The standard InChI is InChI=1S/C21H21NO4S2/c23-27(24)13-12-20(16-27)22(15-17-6-2-1-3-7-17)28(25,26)21-11-10-18-8-4-5-9-19(18)14-21/h1-11,14,20H,12-13,15-16H2/t20-/m0/s1. The van der Waals surface area contributed by atoms with Gasteiger partial charge in [-0.25, -0.2) is 16.8 Å². The molecule has 0 bridgehead atoms. The van der Waals surface area contributed by atoms with Gasteiger partial charge in [-0.05, 0) is 34.9 Å². The molecule has 0 radical (unpaired) electrons. The topological polar surface area (TPSA) is 71.5 Å². The summed E-state index contributed by atoms with van der Waals surface area (Å²) < 4.78 is 52.4. The van der Waals surface area contributed by atoms with Crippen LogP contribution in [0.1, 0.15) is 12.0 Å². The van der Waals surface area contributed by atoms with E-state index in [1.165, 1.54) is 4.31 Å². The van der Waals surface area contributed by atoms with Crippen molar-refractivity contribution >= 4 is 30.6 Å². The van der Waals surface area contributed by atoms with Gasteiger partial charge in [0.2, 0.25) is 10.0 Å². The number of fused-ring (bicyclic) bond motifs is 1. The van der Waals surface area contributed by atoms with Crippen molar-refractivity contribution in [1.29, 1.82) is 0 Å². The van der Waals surface area contributed by atoms with Gasteiger partial charge in [0.1, 0.15) is 0 Å². The first-order chi connectivity index (χ1) is 13.4. The summed E-state index contributed by atoms with van der Waals surface area (Å²) >= 11 is 0. The molecule has 0 unspecified atom stereocenters. The maximum Gasteiger partial charge on any atom is 0.243 e. The van der Waals surface area contributed by atoms with Crippen LogP contribution in [0.25, 0.3) is 10.8 Å². The Morgan fingerprint density at radius 3 is 2.25 bits per heavy atom. The number of sulfone groups is 1. The van der Waals surface area contributed by atoms with Crippen LogP contribution in [-0.2, 0) is 26.4 Å². The second-order valence-corrected chi connectivity index (χ2v) is 11.2. The third-order valence-electron chi connectivity index (χ3n) is 5.12. The highest BCUT2D eigenvalue weighted by molar-refractivity contribution is 7.92. The highest BCUT2D eigenvalue weighted by atomic mass is 32.2. The van der Waals surface area contributed by atoms with Crippen LogP contribution < -0.4 is 0 Å². The van der Waals surface area contributed by atoms with Crippen LogP contribution in [0.2, 0.25) is 0 Å². The fourth-order valence-corrected chi connectivity index (χ4v) is 7.14. The summed E-state index contributed by atoms with van der Waals surface area (Å²) in [7, 11) is -7.07. The first-order valence-corrected chi connectivity index (χ1v) is 12.4. The van der Waals surface area contributed by atoms with Crippen LogP contribution in [0.5, 0.6) is 0 Å². The Labute approximate surface area is 165 Å². The maximum absolute atomic E-state index is 13.5. The van der Waals surface area contributed by atoms with Crippen molar-refractivity contribution in [1.82, 2.24) is 4.31 Å². The predicted molar refractivity (Wildman–Crippen MR) is 110 cm³/mol. The molecule has 1 heterocycles. The van der Waals surface area contributed by atoms with E-state index in [0.29, 0.717) is 6.42 Å². The smallest absolute Gasteiger partial charge is 0.229 e. The fraction of sp³-hybridized carbons (Fsp3) is 0.238. The molecule has 0 N–H and O–H groups in total. The van der Waals surface area contributed by atoms with Crippen molar-refractivity contribution in [3.05, 3.63) is 78.4 Å². The molecule has 0 aromatic heterocycles. The lowest BCUT2D eigenvalue weighted by molar-refractivity contribution is 0.334. The third-order valence-corrected chi connectivity index (χ3v) is 8.77. The first-order valence-electron chi connectivity index (χ1n) is 9.10. The summed E-state index contributed by atoms with van der Waals surface area (Å²) in [6, 6.07) is 21.3. The lowest BCUT2D eigenvalue weighted by atomic mass is 10.1. The molecular weight excluding hydrogens is 394 g/mol. The van der Waals surface area contributed by atoms with Crippen LogP contribution >= 0.6 is 0 Å². The molecule has 0 aliphatic carbocycles. The van der Waals surface area contributed by atoms with Crippen LogP contribution in [-0.4, -0.2) is 38.7 Å². The summed E-state index contributed by atoms with van der Waals surface area (Å²) in [6.07, 6.45) is 0.321. The average molecular weight is 416 g/mol. The lowest BCUT2D eigenvalue weighted by Gasteiger charge is -2.27. The molecule has 0 spiro atoms. The Balaban J connectivity index is 1.76. The van der Waals surface area contributed by atoms with Gasteiger partial charge in [0.15, 0.2) is 9.84 Å². The Kier molecular flexibility index (Phi) is 4.99. The fourth-order valence-electron chi connectivity index (χ4n) is 3.64. The number of hydrogen-bond acceptors (Lipinski definition) is 4. The van der Waals surface area contributed by atoms with Crippen molar-refractivity contribution in [2.24, 2.45) is 0 Å². The summed E-state index contributed by atoms with van der Waals surface area (Å²) in [5.41, 5.74) is 0.830. The number of hydrogen-bond donors (Lipinski definition) is 0. The van der Waals surface area contributed by atoms with Gasteiger partial charge in [0, 0.05) is 12.6 Å². The van der Waals surface area contributed by atoms with Gasteiger partial charge in [0.05, 0.1) is 16.4 Å². The average Bonchev–Trinajstić information content (AvgIpc) is 3.05. The lowest BCUT2D eigenvalue weighted by Crippen LogP contribution is -2.40. The zero-order valence-electron chi connectivity index (χ0n) is 15.2. The van der Waals surface area contributed by atoms with Crippen LogP contribution in [0, 0.1) is 0 Å². The van der Waals surface area contributed by atoms with Crippen LogP contribution in [0.4, 0.5) is 0 Å². The van der Waals surface area contributed by atoms with Crippen molar-refractivity contribution < 1.29 is 16.8 Å². The second-order valence-electron chi connectivity index (χ2n) is 7.10. The molecule has 146 valence electrons. The van der Waals surface area contributed by atoms with Gasteiger partial charge in [-0.1, -0.05) is 60.7 Å². The molecule has 3 aromatic carbocycles. The number of nitrogens with zero attached hydrogens (tertiary/aromatic N) is 1. The quantitative estimate of drug-likeness (QED) is 0.641. The molecule has 28 heavy (non-hydrogen) atoms. The molecule has 5 nitrogen and oxygen atoms in total. The molecule has 4 rings (SSSR count). The van der Waals surface area contributed by atoms with Gasteiger partial charge < -0.3 is 0 Å². The van der Waals surface area contributed by atoms with Gasteiger partial charge in [0.25, 0.3) is 0 Å². The highest BCUT2D eigenvalue weighted by Crippen LogP contribution is 2.28. The minimum absolute atomic E-state index is 0.0240. The van der Waals surface area contributed by atoms with E-state index in [9.17, 15) is 16.8 Å². The largest absolute Gasteiger partial charge is 0.243 e. The van der Waals surface area contributed by atoms with E-state index in [2.05, 4.69) is 0 Å². The minimum Gasteiger partial charge on any atom is -0.229 e. The zero-order chi connectivity index (χ0) is 19.8. The monoisotopic (exact) mass is 415 g/mol. The molecule has 1 fully saturated rings. The normalized spacial score (nSPS) is 19.2. The summed E-state index contributed by atoms with van der Waals surface area (Å²) in [5.74, 6) is -0.108. The molecule has 7 heteroatoms. The second kappa shape index (κ2) is 7.31. The highest BCUT2D eigenvalue weighted by Gasteiger charge is 2.38. The Morgan fingerprint density at radius 2 is 1.57 bits per heavy atom. The Hall–Kier alpha value is -2.22. The summed E-state index contributed by atoms with van der Waals surface area (Å²) in [4.78, 5) is 0.187. The minimum atomic E-state index is -3.86. The molecular formula is C21H21NO4S2. The van der Waals surface area contributed by atoms with E-state index in [4.69, 9.17) is 0 Å². The maximum atomic E-state index is 13.5. The SMILES string of the molecule is O=S1(=O)CC[C@H](N(Cc2ccccc2)S(=O)(=O)c2ccc3ccccc3c2)C1. The third kappa shape index (κ3) is 3.83. The number of rotatable bonds is 5. The Bertz CT molecular complexity index is 1210. The van der Waals surface area contributed by atoms with E-state index >= 15 is 0 Å². The number of benzene rings is 3. The zero-order valence-corrected chi connectivity index (χ0v) is 16.9. The number of sulfonamides is 1. The van der Waals surface area contributed by atoms with E-state index < -0.39 is 25.9 Å². The van der Waals surface area contributed by atoms with Crippen molar-refractivity contribution in [3.63, 3.8) is 0 Å². The van der Waals surface area contributed by atoms with Crippen molar-refractivity contribution in [3.8, 4) is 0 Å². The molecule has 1 aliphatic rings. The van der Waals surface area contributed by atoms with Crippen LogP contribution in [0.3, 0.4) is 0 Å². The molecule has 0 amide bonds. The molecule has 1 atom stereocenters. The summed E-state index contributed by atoms with van der Waals surface area (Å²) in [5, 5.41) is 1.79. The molecule has 3 aromatic rings. The molecule has 0 saturated carbocycles. The molecule has 1 saturated heterocycles. The van der Waals surface area contributed by atoms with E-state index in [1.807, 2.05) is 54.6 Å². The Morgan fingerprint density at radius 1 is 0.893 bits per heavy atom. The van der Waals surface area contributed by atoms with Crippen molar-refractivity contribution in [2.75, 3.05) is 11.5 Å². The van der Waals surface area contributed by atoms with Gasteiger partial charge >= 0.3 is 0 Å². The van der Waals surface area contributed by atoms with E-state index in [-0.39, 0.29) is 22.9 Å². The first kappa shape index (κ1) is 19.1. The van der Waals surface area contributed by atoms with Crippen molar-refractivity contribution in [2.45, 2.75) is 23.9 Å². The van der Waals surface area contributed by atoms with Gasteiger partial charge in [-0.3, -0.25) is 0 Å². The van der Waals surface area contributed by atoms with Crippen LogP contribution in [0.15, 0.2) is 77.7 Å². The van der Waals surface area contributed by atoms with E-state index in [0.717, 1.165) is 16.3 Å². The predicted octanol–water partition coefficient (Wildman–Crippen LogP) is 3.22. The summed E-state index contributed by atoms with van der Waals surface area (Å²) in [6.45, 7) is 0.149. The van der Waals surface area contributed by atoms with Gasteiger partial charge in [-0.2, -0.15) is 4.31 Å². The van der Waals surface area contributed by atoms with E-state index in [1.54, 1.807) is 18.2 Å². The van der Waals surface area contributed by atoms with Gasteiger partial charge in [-0.15, -0.1) is 0 Å².